The van der Waals surface area contributed by atoms with Crippen molar-refractivity contribution in [2.45, 2.75) is 38.0 Å². The SMILES string of the molecule is C=C1c2cc3cc(c2)C(=C)S(=O)Cc2c(C)c(c(C)c(c2C)CS(=O)C3=C)CS1=O. The molecule has 3 nitrogen and oxygen atoms in total. The molecule has 0 radical (unpaired) electrons. The quantitative estimate of drug-likeness (QED) is 0.561. The molecule has 2 aromatic rings. The van der Waals surface area contributed by atoms with E-state index < -0.39 is 32.4 Å². The van der Waals surface area contributed by atoms with Crippen molar-refractivity contribution >= 4 is 47.1 Å². The summed E-state index contributed by atoms with van der Waals surface area (Å²) in [5, 5.41) is 0. The Kier molecular flexibility index (Phi) is 5.45. The molecule has 30 heavy (non-hydrogen) atoms. The predicted octanol–water partition coefficient (Wildman–Crippen LogP) is 5.00. The van der Waals surface area contributed by atoms with Crippen LogP contribution in [0.2, 0.25) is 0 Å². The van der Waals surface area contributed by atoms with Crippen molar-refractivity contribution in [3.63, 3.8) is 0 Å². The maximum absolute atomic E-state index is 13.3. The van der Waals surface area contributed by atoms with E-state index in [0.717, 1.165) is 33.4 Å². The third kappa shape index (κ3) is 3.35. The summed E-state index contributed by atoms with van der Waals surface area (Å²) in [5.74, 6) is 0.993. The molecule has 3 aliphatic heterocycles. The van der Waals surface area contributed by atoms with Crippen LogP contribution >= 0.6 is 0 Å². The molecule has 0 spiro atoms. The van der Waals surface area contributed by atoms with E-state index in [1.165, 1.54) is 0 Å². The Morgan fingerprint density at radius 2 is 0.800 bits per heavy atom. The normalized spacial score (nSPS) is 23.7. The van der Waals surface area contributed by atoms with Crippen LogP contribution in [0.1, 0.15) is 50.1 Å². The van der Waals surface area contributed by atoms with E-state index in [-0.39, 0.29) is 0 Å². The van der Waals surface area contributed by atoms with Gasteiger partial charge in [0, 0.05) is 14.7 Å². The molecule has 0 saturated carbocycles. The van der Waals surface area contributed by atoms with E-state index in [9.17, 15) is 12.6 Å². The number of benzene rings is 2. The van der Waals surface area contributed by atoms with Gasteiger partial charge in [-0.25, -0.2) is 0 Å². The Hall–Kier alpha value is -1.89. The number of hydrogen-bond acceptors (Lipinski definition) is 3. The van der Waals surface area contributed by atoms with Crippen LogP contribution in [0, 0.1) is 20.8 Å². The van der Waals surface area contributed by atoms with Gasteiger partial charge in [-0.2, -0.15) is 0 Å². The first-order chi connectivity index (χ1) is 14.1. The summed E-state index contributed by atoms with van der Waals surface area (Å²) in [4.78, 5) is 1.50. The number of hydrogen-bond donors (Lipinski definition) is 0. The molecule has 3 atom stereocenters. The molecule has 0 fully saturated rings. The predicted molar refractivity (Wildman–Crippen MR) is 130 cm³/mol. The van der Waals surface area contributed by atoms with Gasteiger partial charge in [-0.15, -0.1) is 0 Å². The van der Waals surface area contributed by atoms with E-state index in [1.54, 1.807) is 0 Å². The van der Waals surface area contributed by atoms with Crippen molar-refractivity contribution < 1.29 is 12.6 Å². The Morgan fingerprint density at radius 3 is 1.03 bits per heavy atom. The lowest BCUT2D eigenvalue weighted by molar-refractivity contribution is 0.688. The van der Waals surface area contributed by atoms with Crippen molar-refractivity contribution in [2.75, 3.05) is 0 Å². The largest absolute Gasteiger partial charge is 0.254 e. The highest BCUT2D eigenvalue weighted by Crippen LogP contribution is 2.37. The molecular weight excluding hydrogens is 432 g/mol. The molecule has 5 rings (SSSR count). The summed E-state index contributed by atoms with van der Waals surface area (Å²) in [7, 11) is -3.98. The van der Waals surface area contributed by atoms with Crippen LogP contribution < -0.4 is 0 Å². The fourth-order valence-electron chi connectivity index (χ4n) is 4.20. The Bertz CT molecular complexity index is 1070. The summed E-state index contributed by atoms with van der Waals surface area (Å²) in [6, 6.07) is 5.50. The average molecular weight is 457 g/mol. The molecule has 0 aliphatic carbocycles. The Morgan fingerprint density at radius 1 is 0.567 bits per heavy atom. The average Bonchev–Trinajstić information content (AvgIpc) is 2.73. The van der Waals surface area contributed by atoms with Crippen molar-refractivity contribution in [2.24, 2.45) is 0 Å². The fraction of sp³-hybridized carbons (Fsp3) is 0.250. The first-order valence-corrected chi connectivity index (χ1v) is 13.5. The van der Waals surface area contributed by atoms with Crippen LogP contribution in [-0.4, -0.2) is 12.6 Å². The van der Waals surface area contributed by atoms with Crippen LogP contribution in [0.4, 0.5) is 0 Å². The van der Waals surface area contributed by atoms with Gasteiger partial charge in [-0.3, -0.25) is 12.6 Å². The minimum atomic E-state index is -1.33. The van der Waals surface area contributed by atoms with E-state index in [1.807, 2.05) is 39.0 Å². The fourth-order valence-corrected chi connectivity index (χ4v) is 7.95. The van der Waals surface area contributed by atoms with Gasteiger partial charge in [-0.1, -0.05) is 19.7 Å². The third-order valence-corrected chi connectivity index (χ3v) is 10.3. The van der Waals surface area contributed by atoms with Gasteiger partial charge >= 0.3 is 0 Å². The second-order valence-corrected chi connectivity index (χ2v) is 12.3. The minimum Gasteiger partial charge on any atom is -0.254 e. The lowest BCUT2D eigenvalue weighted by atomic mass is 9.90. The topological polar surface area (TPSA) is 51.2 Å². The van der Waals surface area contributed by atoms with E-state index >= 15 is 0 Å². The summed E-state index contributed by atoms with van der Waals surface area (Å²) in [6.45, 7) is 18.3. The van der Waals surface area contributed by atoms with Crippen LogP contribution in [0.5, 0.6) is 0 Å². The smallest absolute Gasteiger partial charge is 0.0574 e. The zero-order chi connectivity index (χ0) is 21.9. The van der Waals surface area contributed by atoms with Gasteiger partial charge < -0.3 is 0 Å². The van der Waals surface area contributed by atoms with Gasteiger partial charge in [-0.05, 0) is 89.0 Å². The van der Waals surface area contributed by atoms with Gasteiger partial charge in [0.1, 0.15) is 0 Å². The minimum absolute atomic E-state index is 0.331. The second-order valence-electron chi connectivity index (χ2n) is 7.85. The highest BCUT2D eigenvalue weighted by Gasteiger charge is 2.26. The molecule has 3 heterocycles. The van der Waals surface area contributed by atoms with Crippen molar-refractivity contribution in [3.8, 4) is 0 Å². The Balaban J connectivity index is 2.17. The molecule has 6 heteroatoms. The van der Waals surface area contributed by atoms with Gasteiger partial charge in [0.2, 0.25) is 0 Å². The molecule has 0 amide bonds. The molecule has 2 aromatic carbocycles. The molecule has 0 saturated heterocycles. The van der Waals surface area contributed by atoms with Crippen LogP contribution in [0.15, 0.2) is 37.9 Å². The lowest BCUT2D eigenvalue weighted by Crippen LogP contribution is -2.15. The van der Waals surface area contributed by atoms with E-state index in [4.69, 9.17) is 0 Å². The van der Waals surface area contributed by atoms with Crippen molar-refractivity contribution in [1.29, 1.82) is 0 Å². The summed E-state index contributed by atoms with van der Waals surface area (Å²) in [5.41, 5.74) is 7.95. The zero-order valence-electron chi connectivity index (χ0n) is 17.4. The monoisotopic (exact) mass is 456 g/mol. The molecule has 0 aromatic heterocycles. The van der Waals surface area contributed by atoms with Gasteiger partial charge in [0.25, 0.3) is 0 Å². The van der Waals surface area contributed by atoms with E-state index in [0.29, 0.717) is 48.7 Å². The van der Waals surface area contributed by atoms with E-state index in [2.05, 4.69) is 19.7 Å². The second kappa shape index (κ2) is 7.66. The molecule has 156 valence electrons. The maximum Gasteiger partial charge on any atom is 0.0574 e. The number of fused-ring (bicyclic) bond motifs is 6. The Labute approximate surface area is 185 Å². The zero-order valence-corrected chi connectivity index (χ0v) is 19.9. The highest BCUT2D eigenvalue weighted by atomic mass is 32.2. The number of rotatable bonds is 0. The molecule has 0 N–H and O–H groups in total. The van der Waals surface area contributed by atoms with Gasteiger partial charge in [0.15, 0.2) is 0 Å². The van der Waals surface area contributed by atoms with Crippen molar-refractivity contribution in [3.05, 3.63) is 88.0 Å². The molecular formula is C24H24O3S3. The lowest BCUT2D eigenvalue weighted by Gasteiger charge is -2.25. The van der Waals surface area contributed by atoms with Crippen LogP contribution in [-0.2, 0) is 49.7 Å². The molecule has 6 bridgehead atoms. The molecule has 3 aliphatic rings. The summed E-state index contributed by atoms with van der Waals surface area (Å²) >= 11 is 0. The maximum atomic E-state index is 13.3. The first kappa shape index (κ1) is 21.3. The molecule has 3 unspecified atom stereocenters. The van der Waals surface area contributed by atoms with Gasteiger partial charge in [0.05, 0.1) is 49.7 Å². The first-order valence-electron chi connectivity index (χ1n) is 9.58. The third-order valence-electron chi connectivity index (χ3n) is 6.27. The standard InChI is InChI=1S/C24H24O3S3/c1-13-22-10-28(25)16(4)19-7-20-9-21(8-19)18(6)30(27)12-24(14(22)2)15(3)23(13)11-29(26)17(20)5/h7-9H,4-6,10-12H2,1-3H3. The summed E-state index contributed by atoms with van der Waals surface area (Å²) < 4.78 is 39.9. The van der Waals surface area contributed by atoms with Crippen molar-refractivity contribution in [1.82, 2.24) is 0 Å². The van der Waals surface area contributed by atoms with Crippen LogP contribution in [0.3, 0.4) is 0 Å². The van der Waals surface area contributed by atoms with Crippen LogP contribution in [0.25, 0.3) is 14.7 Å². The summed E-state index contributed by atoms with van der Waals surface area (Å²) in [6.07, 6.45) is 0. The highest BCUT2D eigenvalue weighted by molar-refractivity contribution is 7.94.